The summed E-state index contributed by atoms with van der Waals surface area (Å²) < 4.78 is 17.9. The summed E-state index contributed by atoms with van der Waals surface area (Å²) in [7, 11) is 0. The second kappa shape index (κ2) is 4.31. The monoisotopic (exact) mass is 219 g/mol. The van der Waals surface area contributed by atoms with Crippen molar-refractivity contribution in [2.45, 2.75) is 18.9 Å². The Bertz CT molecular complexity index is 449. The van der Waals surface area contributed by atoms with Gasteiger partial charge in [-0.25, -0.2) is 9.18 Å². The van der Waals surface area contributed by atoms with Crippen molar-refractivity contribution in [1.82, 2.24) is 4.98 Å². The van der Waals surface area contributed by atoms with Crippen LogP contribution in [0, 0.1) is 24.1 Å². The Labute approximate surface area is 92.6 Å². The molecule has 4 heteroatoms. The van der Waals surface area contributed by atoms with Crippen LogP contribution in [-0.4, -0.2) is 17.1 Å². The van der Waals surface area contributed by atoms with Crippen molar-refractivity contribution < 1.29 is 13.9 Å². The molecule has 1 aliphatic rings. The van der Waals surface area contributed by atoms with E-state index in [4.69, 9.17) is 11.2 Å². The van der Waals surface area contributed by atoms with E-state index < -0.39 is 17.9 Å². The molecule has 1 aromatic rings. The van der Waals surface area contributed by atoms with Gasteiger partial charge in [-0.3, -0.25) is 4.98 Å². The molecule has 2 rings (SSSR count). The van der Waals surface area contributed by atoms with Gasteiger partial charge in [0, 0.05) is 12.1 Å². The molecule has 0 aromatic carbocycles. The normalized spacial score (nSPS) is 16.2. The summed E-state index contributed by atoms with van der Waals surface area (Å²) >= 11 is 0. The van der Waals surface area contributed by atoms with E-state index in [2.05, 4.69) is 10.9 Å². The van der Waals surface area contributed by atoms with Crippen LogP contribution in [0.4, 0.5) is 4.39 Å². The molecule has 0 radical (unpaired) electrons. The van der Waals surface area contributed by atoms with E-state index in [0.717, 1.165) is 25.1 Å². The number of hydrogen-bond donors (Lipinski definition) is 0. The highest BCUT2D eigenvalue weighted by Crippen LogP contribution is 2.34. The smallest absolute Gasteiger partial charge is 0.341 e. The van der Waals surface area contributed by atoms with Gasteiger partial charge >= 0.3 is 5.97 Å². The lowest BCUT2D eigenvalue weighted by molar-refractivity contribution is 0.0373. The Morgan fingerprint density at radius 3 is 2.94 bits per heavy atom. The van der Waals surface area contributed by atoms with Crippen LogP contribution < -0.4 is 0 Å². The lowest BCUT2D eigenvalue weighted by atomic mass is 10.2. The molecule has 82 valence electrons. The molecule has 1 saturated carbocycles. The number of pyridine rings is 1. The fraction of sp³-hybridized carbons (Fsp3) is 0.333. The van der Waals surface area contributed by atoms with Gasteiger partial charge in [0.2, 0.25) is 0 Å². The third-order valence-corrected chi connectivity index (χ3v) is 2.39. The minimum atomic E-state index is -0.623. The minimum absolute atomic E-state index is 0.0842. The maximum absolute atomic E-state index is 12.8. The Balaban J connectivity index is 2.05. The summed E-state index contributed by atoms with van der Waals surface area (Å²) in [5.74, 6) is 1.49. The van der Waals surface area contributed by atoms with E-state index in [9.17, 15) is 9.18 Å². The van der Waals surface area contributed by atoms with Crippen molar-refractivity contribution in [3.63, 3.8) is 0 Å². The predicted molar refractivity (Wildman–Crippen MR) is 55.0 cm³/mol. The first-order valence-corrected chi connectivity index (χ1v) is 4.98. The van der Waals surface area contributed by atoms with Crippen LogP contribution in [0.25, 0.3) is 0 Å². The number of carbonyl (C=O) groups excluding carboxylic acids is 1. The fourth-order valence-electron chi connectivity index (χ4n) is 1.37. The highest BCUT2D eigenvalue weighted by atomic mass is 19.1. The SMILES string of the molecule is C#C[C@@H](OC(=O)c1cncc(F)c1)C1CC1. The number of hydrogen-bond acceptors (Lipinski definition) is 3. The summed E-state index contributed by atoms with van der Waals surface area (Å²) in [4.78, 5) is 15.1. The molecule has 0 N–H and O–H groups in total. The number of ether oxygens (including phenoxy) is 1. The van der Waals surface area contributed by atoms with E-state index in [0.29, 0.717) is 0 Å². The van der Waals surface area contributed by atoms with E-state index in [1.165, 1.54) is 6.20 Å². The average Bonchev–Trinajstić information content (AvgIpc) is 3.09. The summed E-state index contributed by atoms with van der Waals surface area (Å²) in [5.41, 5.74) is 0.0842. The molecule has 1 fully saturated rings. The number of carbonyl (C=O) groups is 1. The molecule has 0 spiro atoms. The molecule has 1 aliphatic carbocycles. The van der Waals surface area contributed by atoms with E-state index in [-0.39, 0.29) is 11.5 Å². The standard InChI is InChI=1S/C12H10FNO2/c1-2-11(8-3-4-8)16-12(15)9-5-10(13)7-14-6-9/h1,5-8,11H,3-4H2/t11-/m1/s1. The van der Waals surface area contributed by atoms with E-state index in [1.807, 2.05) is 0 Å². The van der Waals surface area contributed by atoms with Gasteiger partial charge in [0.15, 0.2) is 6.10 Å². The first kappa shape index (κ1) is 10.6. The van der Waals surface area contributed by atoms with Gasteiger partial charge < -0.3 is 4.74 Å². The predicted octanol–water partition coefficient (Wildman–Crippen LogP) is 1.79. The fourth-order valence-corrected chi connectivity index (χ4v) is 1.37. The lowest BCUT2D eigenvalue weighted by Gasteiger charge is -2.10. The number of nitrogens with zero attached hydrogens (tertiary/aromatic N) is 1. The van der Waals surface area contributed by atoms with Crippen LogP contribution in [0.2, 0.25) is 0 Å². The topological polar surface area (TPSA) is 39.2 Å². The van der Waals surface area contributed by atoms with Crippen LogP contribution in [0.1, 0.15) is 23.2 Å². The van der Waals surface area contributed by atoms with Gasteiger partial charge in [-0.1, -0.05) is 5.92 Å². The van der Waals surface area contributed by atoms with Crippen molar-refractivity contribution in [3.8, 4) is 12.3 Å². The summed E-state index contributed by atoms with van der Waals surface area (Å²) in [6.45, 7) is 0. The number of esters is 1. The Hall–Kier alpha value is -1.89. The first-order valence-electron chi connectivity index (χ1n) is 4.98. The van der Waals surface area contributed by atoms with Crippen molar-refractivity contribution in [3.05, 3.63) is 29.8 Å². The molecule has 3 nitrogen and oxygen atoms in total. The number of terminal acetylenes is 1. The van der Waals surface area contributed by atoms with Crippen molar-refractivity contribution in [2.24, 2.45) is 5.92 Å². The molecule has 1 atom stereocenters. The molecule has 0 aliphatic heterocycles. The van der Waals surface area contributed by atoms with Gasteiger partial charge in [-0.05, 0) is 18.9 Å². The van der Waals surface area contributed by atoms with Crippen molar-refractivity contribution in [2.75, 3.05) is 0 Å². The third kappa shape index (κ3) is 2.37. The zero-order valence-corrected chi connectivity index (χ0v) is 8.52. The van der Waals surface area contributed by atoms with E-state index in [1.54, 1.807) is 0 Å². The van der Waals surface area contributed by atoms with Crippen LogP contribution in [0.5, 0.6) is 0 Å². The first-order chi connectivity index (χ1) is 7.70. The van der Waals surface area contributed by atoms with Gasteiger partial charge in [0.25, 0.3) is 0 Å². The second-order valence-corrected chi connectivity index (χ2v) is 3.72. The van der Waals surface area contributed by atoms with Gasteiger partial charge in [0.1, 0.15) is 5.82 Å². The summed E-state index contributed by atoms with van der Waals surface area (Å²) in [5, 5.41) is 0. The van der Waals surface area contributed by atoms with Crippen LogP contribution in [0.3, 0.4) is 0 Å². The molecule has 0 saturated heterocycles. The summed E-state index contributed by atoms with van der Waals surface area (Å²) in [6.07, 6.45) is 8.98. The zero-order chi connectivity index (χ0) is 11.5. The zero-order valence-electron chi connectivity index (χ0n) is 8.52. The molecular formula is C12H10FNO2. The highest BCUT2D eigenvalue weighted by molar-refractivity contribution is 5.89. The van der Waals surface area contributed by atoms with E-state index >= 15 is 0 Å². The summed E-state index contributed by atoms with van der Waals surface area (Å²) in [6, 6.07) is 1.08. The molecular weight excluding hydrogens is 209 g/mol. The second-order valence-electron chi connectivity index (χ2n) is 3.72. The Morgan fingerprint density at radius 1 is 1.62 bits per heavy atom. The molecule has 16 heavy (non-hydrogen) atoms. The highest BCUT2D eigenvalue weighted by Gasteiger charge is 2.33. The number of aromatic nitrogens is 1. The third-order valence-electron chi connectivity index (χ3n) is 2.39. The number of rotatable bonds is 3. The van der Waals surface area contributed by atoms with Gasteiger partial charge in [-0.2, -0.15) is 0 Å². The molecule has 0 unspecified atom stereocenters. The van der Waals surface area contributed by atoms with Crippen molar-refractivity contribution in [1.29, 1.82) is 0 Å². The molecule has 1 aromatic heterocycles. The molecule has 1 heterocycles. The van der Waals surface area contributed by atoms with Gasteiger partial charge in [-0.15, -0.1) is 6.42 Å². The average molecular weight is 219 g/mol. The maximum Gasteiger partial charge on any atom is 0.341 e. The van der Waals surface area contributed by atoms with Crippen LogP contribution in [0.15, 0.2) is 18.5 Å². The largest absolute Gasteiger partial charge is 0.445 e. The lowest BCUT2D eigenvalue weighted by Crippen LogP contribution is -2.18. The van der Waals surface area contributed by atoms with Crippen LogP contribution in [-0.2, 0) is 4.74 Å². The van der Waals surface area contributed by atoms with Crippen LogP contribution >= 0.6 is 0 Å². The quantitative estimate of drug-likeness (QED) is 0.574. The maximum atomic E-state index is 12.8. The van der Waals surface area contributed by atoms with Gasteiger partial charge in [0.05, 0.1) is 11.8 Å². The molecule has 0 bridgehead atoms. The minimum Gasteiger partial charge on any atom is -0.445 e. The number of halogens is 1. The Kier molecular flexibility index (Phi) is 2.86. The molecule has 0 amide bonds. The Morgan fingerprint density at radius 2 is 2.38 bits per heavy atom. The van der Waals surface area contributed by atoms with Crippen molar-refractivity contribution >= 4 is 5.97 Å².